The first-order valence-corrected chi connectivity index (χ1v) is 5.42. The van der Waals surface area contributed by atoms with Gasteiger partial charge in [0.2, 0.25) is 0 Å². The standard InChI is InChI=1S/C11H20O2/c1-3-13-11(12)10-8-6-4-5-7-9(10)2/h9-10H,3-8H2,1-2H3. The summed E-state index contributed by atoms with van der Waals surface area (Å²) in [6.07, 6.45) is 5.95. The van der Waals surface area contributed by atoms with Crippen molar-refractivity contribution in [2.24, 2.45) is 11.8 Å². The first-order valence-electron chi connectivity index (χ1n) is 5.42. The normalized spacial score (nSPS) is 29.4. The molecule has 0 bridgehead atoms. The Bertz CT molecular complexity index is 165. The lowest BCUT2D eigenvalue weighted by Gasteiger charge is -2.18. The second-order valence-electron chi connectivity index (χ2n) is 3.97. The van der Waals surface area contributed by atoms with Crippen LogP contribution >= 0.6 is 0 Å². The van der Waals surface area contributed by atoms with E-state index < -0.39 is 0 Å². The minimum atomic E-state index is 0.0249. The minimum absolute atomic E-state index is 0.0249. The van der Waals surface area contributed by atoms with Gasteiger partial charge >= 0.3 is 5.97 Å². The summed E-state index contributed by atoms with van der Waals surface area (Å²) in [6, 6.07) is 0. The van der Waals surface area contributed by atoms with Crippen molar-refractivity contribution < 1.29 is 9.53 Å². The largest absolute Gasteiger partial charge is 0.466 e. The molecule has 1 aliphatic rings. The highest BCUT2D eigenvalue weighted by Gasteiger charge is 2.27. The first-order chi connectivity index (χ1) is 6.25. The zero-order chi connectivity index (χ0) is 9.68. The molecule has 0 aliphatic heterocycles. The second-order valence-corrected chi connectivity index (χ2v) is 3.97. The number of hydrogen-bond acceptors (Lipinski definition) is 2. The van der Waals surface area contributed by atoms with Crippen molar-refractivity contribution in [1.82, 2.24) is 0 Å². The van der Waals surface area contributed by atoms with Crippen molar-refractivity contribution >= 4 is 5.97 Å². The molecule has 2 heteroatoms. The van der Waals surface area contributed by atoms with E-state index in [1.54, 1.807) is 0 Å². The van der Waals surface area contributed by atoms with Gasteiger partial charge in [-0.1, -0.05) is 26.2 Å². The first kappa shape index (κ1) is 10.6. The number of hydrogen-bond donors (Lipinski definition) is 0. The maximum Gasteiger partial charge on any atom is 0.309 e. The molecule has 1 fully saturated rings. The molecule has 0 aromatic rings. The van der Waals surface area contributed by atoms with Crippen LogP contribution in [0.25, 0.3) is 0 Å². The van der Waals surface area contributed by atoms with E-state index in [1.807, 2.05) is 6.92 Å². The van der Waals surface area contributed by atoms with E-state index in [0.717, 1.165) is 6.42 Å². The second kappa shape index (κ2) is 5.25. The lowest BCUT2D eigenvalue weighted by Crippen LogP contribution is -2.23. The number of esters is 1. The average Bonchev–Trinajstić information content (AvgIpc) is 2.30. The summed E-state index contributed by atoms with van der Waals surface area (Å²) in [5.74, 6) is 0.709. The molecular weight excluding hydrogens is 164 g/mol. The van der Waals surface area contributed by atoms with Crippen LogP contribution in [0.3, 0.4) is 0 Å². The molecule has 0 aromatic heterocycles. The number of rotatable bonds is 2. The summed E-state index contributed by atoms with van der Waals surface area (Å²) < 4.78 is 5.07. The van der Waals surface area contributed by atoms with Crippen LogP contribution in [0.1, 0.15) is 46.0 Å². The highest BCUT2D eigenvalue weighted by atomic mass is 16.5. The predicted molar refractivity (Wildman–Crippen MR) is 52.4 cm³/mol. The van der Waals surface area contributed by atoms with Crippen molar-refractivity contribution in [1.29, 1.82) is 0 Å². The van der Waals surface area contributed by atoms with Crippen LogP contribution in [-0.2, 0) is 9.53 Å². The molecule has 2 nitrogen and oxygen atoms in total. The van der Waals surface area contributed by atoms with Gasteiger partial charge in [-0.2, -0.15) is 0 Å². The molecule has 13 heavy (non-hydrogen) atoms. The zero-order valence-electron chi connectivity index (χ0n) is 8.71. The van der Waals surface area contributed by atoms with E-state index in [-0.39, 0.29) is 11.9 Å². The highest BCUT2D eigenvalue weighted by molar-refractivity contribution is 5.72. The van der Waals surface area contributed by atoms with E-state index in [9.17, 15) is 4.79 Å². The number of carbonyl (C=O) groups excluding carboxylic acids is 1. The number of carbonyl (C=O) groups is 1. The molecule has 0 amide bonds. The van der Waals surface area contributed by atoms with Gasteiger partial charge in [-0.3, -0.25) is 4.79 Å². The van der Waals surface area contributed by atoms with Crippen molar-refractivity contribution in [3.8, 4) is 0 Å². The quantitative estimate of drug-likeness (QED) is 0.487. The molecule has 1 rings (SSSR count). The van der Waals surface area contributed by atoms with E-state index >= 15 is 0 Å². The van der Waals surface area contributed by atoms with Gasteiger partial charge in [0.05, 0.1) is 12.5 Å². The summed E-state index contributed by atoms with van der Waals surface area (Å²) in [6.45, 7) is 4.56. The smallest absolute Gasteiger partial charge is 0.309 e. The van der Waals surface area contributed by atoms with Crippen LogP contribution in [0.5, 0.6) is 0 Å². The van der Waals surface area contributed by atoms with Crippen LogP contribution in [-0.4, -0.2) is 12.6 Å². The predicted octanol–water partition coefficient (Wildman–Crippen LogP) is 2.77. The summed E-state index contributed by atoms with van der Waals surface area (Å²) in [5.41, 5.74) is 0. The van der Waals surface area contributed by atoms with Crippen molar-refractivity contribution in [3.05, 3.63) is 0 Å². The Morgan fingerprint density at radius 1 is 1.31 bits per heavy atom. The molecule has 0 radical (unpaired) electrons. The maximum absolute atomic E-state index is 11.5. The van der Waals surface area contributed by atoms with E-state index in [4.69, 9.17) is 4.74 Å². The van der Waals surface area contributed by atoms with E-state index in [2.05, 4.69) is 6.92 Å². The minimum Gasteiger partial charge on any atom is -0.466 e. The van der Waals surface area contributed by atoms with E-state index in [1.165, 1.54) is 25.7 Å². The van der Waals surface area contributed by atoms with Crippen LogP contribution < -0.4 is 0 Å². The SMILES string of the molecule is CCOC(=O)C1CCCCCC1C. The lowest BCUT2D eigenvalue weighted by molar-refractivity contribution is -0.150. The van der Waals surface area contributed by atoms with Crippen molar-refractivity contribution in [2.75, 3.05) is 6.61 Å². The van der Waals surface area contributed by atoms with Crippen LogP contribution in [0.4, 0.5) is 0 Å². The van der Waals surface area contributed by atoms with Gasteiger partial charge in [-0.15, -0.1) is 0 Å². The molecule has 1 aliphatic carbocycles. The Morgan fingerprint density at radius 3 is 2.69 bits per heavy atom. The third kappa shape index (κ3) is 3.02. The molecular formula is C11H20O2. The molecule has 0 heterocycles. The monoisotopic (exact) mass is 184 g/mol. The fraction of sp³-hybridized carbons (Fsp3) is 0.909. The molecule has 2 unspecified atom stereocenters. The van der Waals surface area contributed by atoms with E-state index in [0.29, 0.717) is 12.5 Å². The molecule has 0 spiro atoms. The maximum atomic E-state index is 11.5. The third-order valence-electron chi connectivity index (χ3n) is 2.95. The third-order valence-corrected chi connectivity index (χ3v) is 2.95. The topological polar surface area (TPSA) is 26.3 Å². The zero-order valence-corrected chi connectivity index (χ0v) is 8.71. The van der Waals surface area contributed by atoms with Crippen LogP contribution in [0, 0.1) is 11.8 Å². The van der Waals surface area contributed by atoms with Gasteiger partial charge in [0.1, 0.15) is 0 Å². The summed E-state index contributed by atoms with van der Waals surface area (Å²) in [5, 5.41) is 0. The van der Waals surface area contributed by atoms with Crippen LogP contribution in [0.2, 0.25) is 0 Å². The highest BCUT2D eigenvalue weighted by Crippen LogP contribution is 2.29. The molecule has 0 saturated heterocycles. The van der Waals surface area contributed by atoms with Crippen molar-refractivity contribution in [3.63, 3.8) is 0 Å². The van der Waals surface area contributed by atoms with Crippen LogP contribution in [0.15, 0.2) is 0 Å². The summed E-state index contributed by atoms with van der Waals surface area (Å²) >= 11 is 0. The van der Waals surface area contributed by atoms with Gasteiger partial charge in [-0.25, -0.2) is 0 Å². The average molecular weight is 184 g/mol. The Kier molecular flexibility index (Phi) is 4.26. The molecule has 76 valence electrons. The van der Waals surface area contributed by atoms with Gasteiger partial charge in [0.25, 0.3) is 0 Å². The molecule has 0 aromatic carbocycles. The Hall–Kier alpha value is -0.530. The molecule has 2 atom stereocenters. The molecule has 1 saturated carbocycles. The molecule has 0 N–H and O–H groups in total. The summed E-state index contributed by atoms with van der Waals surface area (Å²) in [4.78, 5) is 11.5. The summed E-state index contributed by atoms with van der Waals surface area (Å²) in [7, 11) is 0. The number of ether oxygens (including phenoxy) is 1. The van der Waals surface area contributed by atoms with Crippen molar-refractivity contribution in [2.45, 2.75) is 46.0 Å². The Morgan fingerprint density at radius 2 is 2.00 bits per heavy atom. The fourth-order valence-electron chi connectivity index (χ4n) is 2.09. The lowest BCUT2D eigenvalue weighted by atomic mass is 9.90. The van der Waals surface area contributed by atoms with Gasteiger partial charge in [-0.05, 0) is 25.7 Å². The Labute approximate surface area is 80.7 Å². The van der Waals surface area contributed by atoms with Gasteiger partial charge in [0, 0.05) is 0 Å². The van der Waals surface area contributed by atoms with Gasteiger partial charge in [0.15, 0.2) is 0 Å². The Balaban J connectivity index is 2.48. The fourth-order valence-corrected chi connectivity index (χ4v) is 2.09. The van der Waals surface area contributed by atoms with Gasteiger partial charge < -0.3 is 4.74 Å².